The smallest absolute Gasteiger partial charge is 0.237 e. The van der Waals surface area contributed by atoms with Gasteiger partial charge in [-0.3, -0.25) is 4.79 Å². The van der Waals surface area contributed by atoms with Gasteiger partial charge in [0.15, 0.2) is 15.0 Å². The highest BCUT2D eigenvalue weighted by atomic mass is 32.2. The van der Waals surface area contributed by atoms with Crippen molar-refractivity contribution in [2.24, 2.45) is 0 Å². The predicted molar refractivity (Wildman–Crippen MR) is 107 cm³/mol. The van der Waals surface area contributed by atoms with Gasteiger partial charge in [-0.25, -0.2) is 17.2 Å². The zero-order valence-electron chi connectivity index (χ0n) is 15.6. The molecule has 3 rings (SSSR count). The molecule has 0 aliphatic carbocycles. The molecule has 2 aromatic rings. The van der Waals surface area contributed by atoms with E-state index in [1.807, 2.05) is 0 Å². The van der Waals surface area contributed by atoms with Gasteiger partial charge in [-0.1, -0.05) is 17.8 Å². The zero-order chi connectivity index (χ0) is 21.2. The van der Waals surface area contributed by atoms with E-state index in [0.717, 1.165) is 23.9 Å². The van der Waals surface area contributed by atoms with Crippen molar-refractivity contribution in [1.29, 1.82) is 0 Å². The molecular weight excluding hydrogens is 422 g/mol. The molecule has 0 saturated carbocycles. The summed E-state index contributed by atoms with van der Waals surface area (Å²) in [6, 6.07) is 2.90. The second-order valence-electron chi connectivity index (χ2n) is 6.71. The Labute approximate surface area is 171 Å². The Kier molecular flexibility index (Phi) is 6.37. The Balaban J connectivity index is 1.75. The second kappa shape index (κ2) is 8.62. The number of sulfone groups is 1. The van der Waals surface area contributed by atoms with Crippen molar-refractivity contribution in [3.63, 3.8) is 0 Å². The number of halogens is 2. The number of anilines is 1. The summed E-state index contributed by atoms with van der Waals surface area (Å²) in [5, 5.41) is 10.5. The van der Waals surface area contributed by atoms with Gasteiger partial charge in [0.2, 0.25) is 5.91 Å². The molecule has 0 bridgehead atoms. The van der Waals surface area contributed by atoms with Gasteiger partial charge in [0, 0.05) is 18.5 Å². The number of hydrogen-bond acceptors (Lipinski definition) is 6. The van der Waals surface area contributed by atoms with E-state index in [0.29, 0.717) is 30.0 Å². The van der Waals surface area contributed by atoms with Crippen LogP contribution in [-0.4, -0.2) is 45.8 Å². The van der Waals surface area contributed by atoms with Crippen LogP contribution >= 0.6 is 11.8 Å². The number of amides is 1. The van der Waals surface area contributed by atoms with Crippen LogP contribution in [0.15, 0.2) is 36.0 Å². The summed E-state index contributed by atoms with van der Waals surface area (Å²) in [7, 11) is -3.08. The summed E-state index contributed by atoms with van der Waals surface area (Å²) in [5.74, 6) is -1.66. The zero-order valence-corrected chi connectivity index (χ0v) is 17.3. The Morgan fingerprint density at radius 3 is 2.83 bits per heavy atom. The molecule has 1 amide bonds. The largest absolute Gasteiger partial charge is 0.323 e. The number of aromatic nitrogens is 3. The quantitative estimate of drug-likeness (QED) is 0.524. The van der Waals surface area contributed by atoms with Crippen molar-refractivity contribution < 1.29 is 22.0 Å². The van der Waals surface area contributed by atoms with Gasteiger partial charge in [-0.2, -0.15) is 0 Å². The van der Waals surface area contributed by atoms with E-state index in [1.54, 1.807) is 17.6 Å². The molecule has 1 fully saturated rings. The lowest BCUT2D eigenvalue weighted by atomic mass is 10.1. The van der Waals surface area contributed by atoms with E-state index < -0.39 is 32.6 Å². The maximum atomic E-state index is 13.8. The normalized spacial score (nSPS) is 19.1. The summed E-state index contributed by atoms with van der Waals surface area (Å²) < 4.78 is 52.1. The topological polar surface area (TPSA) is 93.9 Å². The number of hydrogen-bond donors (Lipinski definition) is 1. The molecule has 7 nitrogen and oxygen atoms in total. The number of benzene rings is 1. The average Bonchev–Trinajstić information content (AvgIpc) is 3.20. The van der Waals surface area contributed by atoms with Crippen LogP contribution in [0.4, 0.5) is 14.5 Å². The third-order valence-electron chi connectivity index (χ3n) is 4.50. The van der Waals surface area contributed by atoms with Crippen molar-refractivity contribution in [3.05, 3.63) is 48.3 Å². The van der Waals surface area contributed by atoms with Crippen molar-refractivity contribution in [2.75, 3.05) is 16.8 Å². The molecule has 2 atom stereocenters. The monoisotopic (exact) mass is 442 g/mol. The van der Waals surface area contributed by atoms with Crippen molar-refractivity contribution in [3.8, 4) is 0 Å². The second-order valence-corrected chi connectivity index (χ2v) is 10.3. The van der Waals surface area contributed by atoms with Crippen LogP contribution in [0.1, 0.15) is 25.1 Å². The SMILES string of the molecule is C=CCn1c(SC(C)C(=O)Nc2ccc(F)cc2F)nnc1C1CCS(=O)(=O)C1. The standard InChI is InChI=1S/C18H20F2N4O3S2/c1-3-7-24-16(12-6-8-29(26,27)10-12)22-23-18(24)28-11(2)17(25)21-15-5-4-13(19)9-14(15)20/h3-5,9,11-12H,1,6-8,10H2,2H3,(H,21,25). The van der Waals surface area contributed by atoms with Gasteiger partial charge in [0.25, 0.3) is 0 Å². The van der Waals surface area contributed by atoms with E-state index in [2.05, 4.69) is 22.1 Å². The molecule has 156 valence electrons. The van der Waals surface area contributed by atoms with E-state index in [-0.39, 0.29) is 23.1 Å². The molecule has 29 heavy (non-hydrogen) atoms. The highest BCUT2D eigenvalue weighted by Gasteiger charge is 2.33. The van der Waals surface area contributed by atoms with Crippen LogP contribution in [0.2, 0.25) is 0 Å². The highest BCUT2D eigenvalue weighted by Crippen LogP contribution is 2.31. The molecule has 1 aliphatic rings. The molecule has 0 spiro atoms. The van der Waals surface area contributed by atoms with Crippen LogP contribution in [0, 0.1) is 11.6 Å². The van der Waals surface area contributed by atoms with Gasteiger partial charge in [0.1, 0.15) is 17.5 Å². The first-order valence-electron chi connectivity index (χ1n) is 8.87. The third kappa shape index (κ3) is 5.02. The number of nitrogens with zero attached hydrogens (tertiary/aromatic N) is 3. The maximum absolute atomic E-state index is 13.8. The number of allylic oxidation sites excluding steroid dienone is 1. The Morgan fingerprint density at radius 2 is 2.21 bits per heavy atom. The number of nitrogens with one attached hydrogen (secondary N) is 1. The maximum Gasteiger partial charge on any atom is 0.237 e. The summed E-state index contributed by atoms with van der Waals surface area (Å²) in [6.07, 6.45) is 2.11. The molecule has 11 heteroatoms. The fourth-order valence-electron chi connectivity index (χ4n) is 3.03. The lowest BCUT2D eigenvalue weighted by Gasteiger charge is -2.14. The van der Waals surface area contributed by atoms with Gasteiger partial charge < -0.3 is 9.88 Å². The van der Waals surface area contributed by atoms with E-state index >= 15 is 0 Å². The van der Waals surface area contributed by atoms with Crippen LogP contribution in [0.3, 0.4) is 0 Å². The van der Waals surface area contributed by atoms with E-state index in [9.17, 15) is 22.0 Å². The van der Waals surface area contributed by atoms with Gasteiger partial charge in [0.05, 0.1) is 22.4 Å². The summed E-state index contributed by atoms with van der Waals surface area (Å²) >= 11 is 1.11. The molecular formula is C18H20F2N4O3S2. The molecule has 0 radical (unpaired) electrons. The number of thioether (sulfide) groups is 1. The van der Waals surface area contributed by atoms with Crippen molar-refractivity contribution in [1.82, 2.24) is 14.8 Å². The Morgan fingerprint density at radius 1 is 1.45 bits per heavy atom. The van der Waals surface area contributed by atoms with Crippen LogP contribution in [0.25, 0.3) is 0 Å². The molecule has 1 aliphatic heterocycles. The molecule has 2 heterocycles. The minimum absolute atomic E-state index is 0.0207. The molecule has 2 unspecified atom stereocenters. The first kappa shape index (κ1) is 21.4. The van der Waals surface area contributed by atoms with Gasteiger partial charge in [-0.15, -0.1) is 16.8 Å². The fraction of sp³-hybridized carbons (Fsp3) is 0.389. The van der Waals surface area contributed by atoms with Gasteiger partial charge in [-0.05, 0) is 25.5 Å². The summed E-state index contributed by atoms with van der Waals surface area (Å²) in [6.45, 7) is 5.69. The third-order valence-corrected chi connectivity index (χ3v) is 7.34. The highest BCUT2D eigenvalue weighted by molar-refractivity contribution is 8.00. The average molecular weight is 443 g/mol. The number of carbonyl (C=O) groups is 1. The Hall–Kier alpha value is -2.27. The first-order chi connectivity index (χ1) is 13.7. The Bertz CT molecular complexity index is 1040. The minimum atomic E-state index is -3.08. The number of carbonyl (C=O) groups excluding carboxylic acids is 1. The summed E-state index contributed by atoms with van der Waals surface area (Å²) in [4.78, 5) is 12.4. The molecule has 1 N–H and O–H groups in total. The summed E-state index contributed by atoms with van der Waals surface area (Å²) in [5.41, 5.74) is -0.117. The van der Waals surface area contributed by atoms with E-state index in [4.69, 9.17) is 0 Å². The van der Waals surface area contributed by atoms with Gasteiger partial charge >= 0.3 is 0 Å². The van der Waals surface area contributed by atoms with Crippen molar-refractivity contribution in [2.45, 2.75) is 36.2 Å². The predicted octanol–water partition coefficient (Wildman–Crippen LogP) is 2.76. The van der Waals surface area contributed by atoms with Crippen LogP contribution in [0.5, 0.6) is 0 Å². The first-order valence-corrected chi connectivity index (χ1v) is 11.6. The molecule has 1 aromatic heterocycles. The van der Waals surface area contributed by atoms with Crippen LogP contribution in [-0.2, 0) is 21.2 Å². The minimum Gasteiger partial charge on any atom is -0.323 e. The molecule has 1 aromatic carbocycles. The molecule has 1 saturated heterocycles. The van der Waals surface area contributed by atoms with Crippen molar-refractivity contribution >= 4 is 33.2 Å². The van der Waals surface area contributed by atoms with Crippen LogP contribution < -0.4 is 5.32 Å². The lowest BCUT2D eigenvalue weighted by Crippen LogP contribution is -2.23. The van der Waals surface area contributed by atoms with E-state index in [1.165, 1.54) is 0 Å². The fourth-order valence-corrected chi connectivity index (χ4v) is 5.63. The number of rotatable bonds is 7. The lowest BCUT2D eigenvalue weighted by molar-refractivity contribution is -0.115.